The van der Waals surface area contributed by atoms with Crippen molar-refractivity contribution in [3.05, 3.63) is 71.6 Å². The Balaban J connectivity index is 1.28. The van der Waals surface area contributed by atoms with Crippen LogP contribution in [0.2, 0.25) is 0 Å². The second-order valence-electron chi connectivity index (χ2n) is 11.6. The van der Waals surface area contributed by atoms with Crippen molar-refractivity contribution in [3.63, 3.8) is 0 Å². The summed E-state index contributed by atoms with van der Waals surface area (Å²) >= 11 is 0. The first kappa shape index (κ1) is 20.2. The Morgan fingerprint density at radius 2 is 2.00 bits per heavy atom. The van der Waals surface area contributed by atoms with Gasteiger partial charge < -0.3 is 9.64 Å². The summed E-state index contributed by atoms with van der Waals surface area (Å²) in [6.45, 7) is 2.50. The van der Waals surface area contributed by atoms with Crippen molar-refractivity contribution in [3.8, 4) is 0 Å². The van der Waals surface area contributed by atoms with E-state index in [0.717, 1.165) is 19.3 Å². The van der Waals surface area contributed by atoms with E-state index in [0.29, 0.717) is 12.0 Å². The lowest BCUT2D eigenvalue weighted by molar-refractivity contribution is -0.134. The van der Waals surface area contributed by atoms with Gasteiger partial charge in [-0.15, -0.1) is 0 Å². The topological polar surface area (TPSA) is 25.4 Å². The molecule has 2 aliphatic heterocycles. The molecule has 1 aromatic carbocycles. The molecule has 1 aromatic heterocycles. The van der Waals surface area contributed by atoms with Crippen LogP contribution in [0.3, 0.4) is 0 Å². The van der Waals surface area contributed by atoms with Crippen LogP contribution >= 0.6 is 0 Å². The molecule has 0 N–H and O–H groups in total. The summed E-state index contributed by atoms with van der Waals surface area (Å²) in [5, 5.41) is 2.49. The van der Waals surface area contributed by atoms with E-state index in [9.17, 15) is 0 Å². The molecule has 0 amide bonds. The third kappa shape index (κ3) is 2.61. The van der Waals surface area contributed by atoms with Gasteiger partial charge >= 0.3 is 0 Å². The van der Waals surface area contributed by atoms with Gasteiger partial charge in [0.2, 0.25) is 0 Å². The molecule has 0 radical (unpaired) electrons. The molecule has 3 nitrogen and oxygen atoms in total. The van der Waals surface area contributed by atoms with Crippen molar-refractivity contribution in [1.29, 1.82) is 0 Å². The van der Waals surface area contributed by atoms with E-state index in [2.05, 4.69) is 73.4 Å². The lowest BCUT2D eigenvalue weighted by Crippen LogP contribution is -2.54. The Morgan fingerprint density at radius 3 is 2.88 bits per heavy atom. The predicted octanol–water partition coefficient (Wildman–Crippen LogP) is 6.32. The van der Waals surface area contributed by atoms with Crippen molar-refractivity contribution >= 4 is 16.3 Å². The van der Waals surface area contributed by atoms with Crippen LogP contribution < -0.4 is 0 Å². The fourth-order valence-electron chi connectivity index (χ4n) is 8.10. The number of hydrogen-bond donors (Lipinski definition) is 0. The largest absolute Gasteiger partial charge is 0.359 e. The summed E-state index contributed by atoms with van der Waals surface area (Å²) in [6.07, 6.45) is 19.7. The van der Waals surface area contributed by atoms with Crippen LogP contribution in [0, 0.1) is 11.3 Å². The van der Waals surface area contributed by atoms with Gasteiger partial charge in [0.15, 0.2) is 0 Å². The third-order valence-electron chi connectivity index (χ3n) is 9.93. The molecular weight excluding hydrogens is 404 g/mol. The molecule has 2 unspecified atom stereocenters. The van der Waals surface area contributed by atoms with Crippen LogP contribution in [-0.4, -0.2) is 41.2 Å². The van der Waals surface area contributed by atoms with E-state index < -0.39 is 0 Å². The van der Waals surface area contributed by atoms with Crippen molar-refractivity contribution < 1.29 is 4.74 Å². The molecule has 5 aliphatic rings. The van der Waals surface area contributed by atoms with Gasteiger partial charge in [-0.05, 0) is 98.8 Å². The van der Waals surface area contributed by atoms with Crippen LogP contribution in [-0.2, 0) is 4.74 Å². The zero-order valence-corrected chi connectivity index (χ0v) is 20.1. The molecule has 2 fully saturated rings. The van der Waals surface area contributed by atoms with Gasteiger partial charge in [0.05, 0.1) is 11.2 Å². The lowest BCUT2D eigenvalue weighted by Gasteiger charge is -2.54. The lowest BCUT2D eigenvalue weighted by atomic mass is 9.58. The first-order valence-corrected chi connectivity index (χ1v) is 12.8. The average Bonchev–Trinajstić information content (AvgIpc) is 3.33. The standard InChI is InChI=1S/C30H34N2O/c1-28-12-10-24-17-23-6-7-25(32(2)3)18-29(23)13-14-30(24,33-29)27(28)9-8-26(28)21-5-4-20-11-15-31-19-22(20)16-21/h4-5,8,10-11,15-17,19,25,27H,6-7,9,12-14,18H2,1-3H3/t25?,27-,28?,29-,30-/m1/s1. The Kier molecular flexibility index (Phi) is 4.08. The summed E-state index contributed by atoms with van der Waals surface area (Å²) in [7, 11) is 4.47. The Morgan fingerprint density at radius 1 is 1.09 bits per heavy atom. The molecule has 3 aliphatic carbocycles. The minimum atomic E-state index is -0.110. The number of allylic oxidation sites excluding steroid dienone is 3. The first-order chi connectivity index (χ1) is 15.9. The number of fused-ring (bicyclic) bond motifs is 2. The Hall–Kier alpha value is -2.23. The smallest absolute Gasteiger partial charge is 0.0980 e. The van der Waals surface area contributed by atoms with Crippen molar-refractivity contribution in [2.24, 2.45) is 11.3 Å². The van der Waals surface area contributed by atoms with E-state index in [4.69, 9.17) is 4.74 Å². The summed E-state index contributed by atoms with van der Waals surface area (Å²) < 4.78 is 7.39. The van der Waals surface area contributed by atoms with Gasteiger partial charge in [0, 0.05) is 35.2 Å². The first-order valence-electron chi connectivity index (χ1n) is 12.8. The maximum Gasteiger partial charge on any atom is 0.0980 e. The highest BCUT2D eigenvalue weighted by molar-refractivity contribution is 5.87. The molecule has 1 saturated heterocycles. The van der Waals surface area contributed by atoms with Crippen LogP contribution in [0.4, 0.5) is 0 Å². The highest BCUT2D eigenvalue weighted by Crippen LogP contribution is 2.67. The summed E-state index contributed by atoms with van der Waals surface area (Å²) in [5.41, 5.74) is 5.93. The van der Waals surface area contributed by atoms with Gasteiger partial charge in [-0.2, -0.15) is 0 Å². The second kappa shape index (κ2) is 6.67. The van der Waals surface area contributed by atoms with E-state index in [-0.39, 0.29) is 16.6 Å². The second-order valence-corrected chi connectivity index (χ2v) is 11.6. The SMILES string of the molecule is CN(C)C1CCC2=CC3=CCC4(C)C(c5ccc6ccncc6c5)=CC[C@H]4[C@@]34CC[C@]2(C1)O4. The van der Waals surface area contributed by atoms with Gasteiger partial charge in [0.1, 0.15) is 0 Å². The molecule has 2 bridgehead atoms. The van der Waals surface area contributed by atoms with E-state index in [1.54, 1.807) is 5.57 Å². The fourth-order valence-corrected chi connectivity index (χ4v) is 8.10. The third-order valence-corrected chi connectivity index (χ3v) is 9.93. The number of ether oxygens (including phenoxy) is 1. The summed E-state index contributed by atoms with van der Waals surface area (Å²) in [4.78, 5) is 6.78. The maximum absolute atomic E-state index is 7.39. The zero-order valence-electron chi connectivity index (χ0n) is 20.1. The number of benzene rings is 1. The number of pyridine rings is 1. The molecule has 3 heterocycles. The fraction of sp³-hybridized carbons (Fsp3) is 0.500. The van der Waals surface area contributed by atoms with Gasteiger partial charge in [-0.3, -0.25) is 4.98 Å². The minimum absolute atomic E-state index is 0.0276. The Labute approximate surface area is 197 Å². The van der Waals surface area contributed by atoms with Crippen LogP contribution in [0.15, 0.2) is 66.0 Å². The number of nitrogens with zero attached hydrogens (tertiary/aromatic N) is 2. The number of rotatable bonds is 2. The van der Waals surface area contributed by atoms with Crippen molar-refractivity contribution in [2.75, 3.05) is 14.1 Å². The van der Waals surface area contributed by atoms with Crippen LogP contribution in [0.1, 0.15) is 57.4 Å². The molecule has 5 atom stereocenters. The predicted molar refractivity (Wildman–Crippen MR) is 134 cm³/mol. The molecule has 33 heavy (non-hydrogen) atoms. The molecule has 1 saturated carbocycles. The van der Waals surface area contributed by atoms with Gasteiger partial charge in [-0.25, -0.2) is 0 Å². The molecule has 3 heteroatoms. The normalized spacial score (nSPS) is 39.0. The van der Waals surface area contributed by atoms with E-state index in [1.165, 1.54) is 53.2 Å². The van der Waals surface area contributed by atoms with Crippen molar-refractivity contribution in [2.45, 2.75) is 69.1 Å². The van der Waals surface area contributed by atoms with Crippen LogP contribution in [0.5, 0.6) is 0 Å². The van der Waals surface area contributed by atoms with Crippen molar-refractivity contribution in [1.82, 2.24) is 9.88 Å². The maximum atomic E-state index is 7.39. The monoisotopic (exact) mass is 438 g/mol. The quantitative estimate of drug-likeness (QED) is 0.549. The number of aromatic nitrogens is 1. The molecule has 170 valence electrons. The van der Waals surface area contributed by atoms with E-state index in [1.807, 2.05) is 12.4 Å². The highest BCUT2D eigenvalue weighted by Gasteiger charge is 2.65. The van der Waals surface area contributed by atoms with Gasteiger partial charge in [0.25, 0.3) is 0 Å². The molecule has 2 aromatic rings. The van der Waals surface area contributed by atoms with E-state index >= 15 is 0 Å². The van der Waals surface area contributed by atoms with Gasteiger partial charge in [-0.1, -0.05) is 37.3 Å². The average molecular weight is 439 g/mol. The molecule has 2 spiro atoms. The summed E-state index contributed by atoms with van der Waals surface area (Å²) in [5.74, 6) is 0.515. The Bertz CT molecular complexity index is 1250. The highest BCUT2D eigenvalue weighted by atomic mass is 16.5. The molecular formula is C30H34N2O. The van der Waals surface area contributed by atoms with Crippen LogP contribution in [0.25, 0.3) is 16.3 Å². The minimum Gasteiger partial charge on any atom is -0.359 e. The summed E-state index contributed by atoms with van der Waals surface area (Å²) in [6, 6.07) is 9.65. The number of hydrogen-bond acceptors (Lipinski definition) is 3. The zero-order chi connectivity index (χ0) is 22.4. The molecule has 7 rings (SSSR count).